The van der Waals surface area contributed by atoms with Crippen LogP contribution in [0.25, 0.3) is 0 Å². The second kappa shape index (κ2) is 7.11. The second-order valence-electron chi connectivity index (χ2n) is 8.03. The molecule has 0 aromatic heterocycles. The van der Waals surface area contributed by atoms with Crippen LogP contribution in [0.1, 0.15) is 55.8 Å². The van der Waals surface area contributed by atoms with E-state index in [1.165, 1.54) is 43.9 Å². The van der Waals surface area contributed by atoms with E-state index in [4.69, 9.17) is 14.6 Å². The van der Waals surface area contributed by atoms with E-state index in [-0.39, 0.29) is 23.1 Å². The highest BCUT2D eigenvalue weighted by molar-refractivity contribution is 5.88. The van der Waals surface area contributed by atoms with E-state index in [0.717, 1.165) is 24.2 Å². The first kappa shape index (κ1) is 18.2. The predicted octanol–water partition coefficient (Wildman–Crippen LogP) is 4.25. The lowest BCUT2D eigenvalue weighted by molar-refractivity contribution is -0.386. The zero-order valence-electron chi connectivity index (χ0n) is 15.4. The third kappa shape index (κ3) is 3.29. The average Bonchev–Trinajstić information content (AvgIpc) is 3.33. The van der Waals surface area contributed by atoms with Crippen molar-refractivity contribution in [2.24, 2.45) is 23.7 Å². The highest BCUT2D eigenvalue weighted by Gasteiger charge is 2.54. The molecule has 0 radical (unpaired) electrons. The molecule has 0 saturated heterocycles. The van der Waals surface area contributed by atoms with Crippen LogP contribution in [0.4, 0.5) is 5.69 Å². The topological polar surface area (TPSA) is 98.9 Å². The monoisotopic (exact) mass is 375 g/mol. The highest BCUT2D eigenvalue weighted by atomic mass is 16.7. The Morgan fingerprint density at radius 2 is 2.07 bits per heavy atom. The van der Waals surface area contributed by atoms with Crippen molar-refractivity contribution >= 4 is 11.7 Å². The number of benzene rings is 1. The Bertz CT molecular complexity index is 750. The number of carboxylic acids is 1. The van der Waals surface area contributed by atoms with Gasteiger partial charge >= 0.3 is 11.7 Å². The lowest BCUT2D eigenvalue weighted by Gasteiger charge is -2.33. The molecule has 1 aromatic carbocycles. The van der Waals surface area contributed by atoms with Crippen molar-refractivity contribution in [3.05, 3.63) is 33.9 Å². The number of nitrogens with zero attached hydrogens (tertiary/aromatic N) is 1. The van der Waals surface area contributed by atoms with Gasteiger partial charge in [-0.2, -0.15) is 0 Å². The standard InChI is InChI=1S/C20H25NO6/c1-2-19(26-17-10-12-8-15(17)14-5-3-4-13(12)14)27-18-9-11(20(22)23)6-7-16(18)21(24)25/h6-7,9,12-15,17,19H,2-5,8,10H2,1H3,(H,22,23). The summed E-state index contributed by atoms with van der Waals surface area (Å²) in [6.07, 6.45) is 6.29. The summed E-state index contributed by atoms with van der Waals surface area (Å²) in [5.41, 5.74) is -0.287. The Hall–Kier alpha value is -2.15. The fourth-order valence-electron chi connectivity index (χ4n) is 5.60. The van der Waals surface area contributed by atoms with Gasteiger partial charge in [-0.1, -0.05) is 13.3 Å². The summed E-state index contributed by atoms with van der Waals surface area (Å²) in [6.45, 7) is 1.91. The van der Waals surface area contributed by atoms with E-state index in [2.05, 4.69) is 0 Å². The molecule has 27 heavy (non-hydrogen) atoms. The summed E-state index contributed by atoms with van der Waals surface area (Å²) in [7, 11) is 0. The van der Waals surface area contributed by atoms with Gasteiger partial charge in [0.25, 0.3) is 0 Å². The molecule has 3 fully saturated rings. The fourth-order valence-corrected chi connectivity index (χ4v) is 5.60. The van der Waals surface area contributed by atoms with E-state index >= 15 is 0 Å². The van der Waals surface area contributed by atoms with Crippen LogP contribution in [0.5, 0.6) is 5.75 Å². The second-order valence-corrected chi connectivity index (χ2v) is 8.03. The molecule has 1 N–H and O–H groups in total. The Kier molecular flexibility index (Phi) is 4.80. The number of carboxylic acid groups (broad SMARTS) is 1. The van der Waals surface area contributed by atoms with Gasteiger partial charge in [-0.05, 0) is 55.4 Å². The SMILES string of the molecule is CCC(Oc1cc(C(=O)O)ccc1[N+](=O)[O-])OC1CC2CC1C1CCCC21. The molecular formula is C20H25NO6. The van der Waals surface area contributed by atoms with Gasteiger partial charge in [0.05, 0.1) is 16.6 Å². The Morgan fingerprint density at radius 3 is 2.78 bits per heavy atom. The maximum atomic E-state index is 11.3. The van der Waals surface area contributed by atoms with Crippen LogP contribution in [-0.2, 0) is 4.74 Å². The van der Waals surface area contributed by atoms with Gasteiger partial charge in [0, 0.05) is 18.6 Å². The summed E-state index contributed by atoms with van der Waals surface area (Å²) in [4.78, 5) is 21.9. The number of rotatable bonds is 7. The molecule has 146 valence electrons. The number of aromatic carboxylic acids is 1. The van der Waals surface area contributed by atoms with E-state index < -0.39 is 17.2 Å². The first-order valence-electron chi connectivity index (χ1n) is 9.81. The quantitative estimate of drug-likeness (QED) is 0.434. The van der Waals surface area contributed by atoms with Crippen LogP contribution in [0.15, 0.2) is 18.2 Å². The smallest absolute Gasteiger partial charge is 0.335 e. The molecule has 0 amide bonds. The number of nitro groups is 1. The van der Waals surface area contributed by atoms with Gasteiger partial charge < -0.3 is 14.6 Å². The van der Waals surface area contributed by atoms with Crippen LogP contribution in [-0.4, -0.2) is 28.4 Å². The summed E-state index contributed by atoms with van der Waals surface area (Å²) >= 11 is 0. The maximum absolute atomic E-state index is 11.3. The van der Waals surface area contributed by atoms with Crippen molar-refractivity contribution in [3.8, 4) is 5.75 Å². The minimum Gasteiger partial charge on any atom is -0.478 e. The van der Waals surface area contributed by atoms with Crippen molar-refractivity contribution < 1.29 is 24.3 Å². The van der Waals surface area contributed by atoms with Crippen LogP contribution in [0.3, 0.4) is 0 Å². The summed E-state index contributed by atoms with van der Waals surface area (Å²) in [6, 6.07) is 3.59. The molecule has 7 nitrogen and oxygen atoms in total. The predicted molar refractivity (Wildman–Crippen MR) is 96.7 cm³/mol. The number of fused-ring (bicyclic) bond motifs is 5. The van der Waals surface area contributed by atoms with Gasteiger partial charge in [-0.3, -0.25) is 10.1 Å². The molecule has 3 aliphatic rings. The summed E-state index contributed by atoms with van der Waals surface area (Å²) in [5, 5.41) is 20.4. The number of ether oxygens (including phenoxy) is 2. The van der Waals surface area contributed by atoms with Crippen molar-refractivity contribution in [2.75, 3.05) is 0 Å². The van der Waals surface area contributed by atoms with Gasteiger partial charge in [0.1, 0.15) is 0 Å². The number of nitro benzene ring substituents is 1. The zero-order valence-corrected chi connectivity index (χ0v) is 15.4. The molecule has 2 bridgehead atoms. The molecule has 7 heteroatoms. The number of carbonyl (C=O) groups is 1. The Labute approximate surface area is 157 Å². The molecule has 0 heterocycles. The van der Waals surface area contributed by atoms with Crippen LogP contribution < -0.4 is 4.74 Å². The van der Waals surface area contributed by atoms with E-state index in [1.54, 1.807) is 0 Å². The summed E-state index contributed by atoms with van der Waals surface area (Å²) in [5.74, 6) is 1.74. The zero-order chi connectivity index (χ0) is 19.1. The van der Waals surface area contributed by atoms with Crippen LogP contribution in [0, 0.1) is 33.8 Å². The van der Waals surface area contributed by atoms with Crippen molar-refractivity contribution in [1.29, 1.82) is 0 Å². The first-order chi connectivity index (χ1) is 13.0. The molecule has 4 rings (SSSR count). The molecule has 0 aliphatic heterocycles. The molecule has 3 aliphatic carbocycles. The van der Waals surface area contributed by atoms with E-state index in [0.29, 0.717) is 12.3 Å². The Morgan fingerprint density at radius 1 is 1.30 bits per heavy atom. The molecule has 6 unspecified atom stereocenters. The van der Waals surface area contributed by atoms with Crippen molar-refractivity contribution in [3.63, 3.8) is 0 Å². The molecular weight excluding hydrogens is 350 g/mol. The van der Waals surface area contributed by atoms with Crippen LogP contribution in [0.2, 0.25) is 0 Å². The van der Waals surface area contributed by atoms with Crippen molar-refractivity contribution in [1.82, 2.24) is 0 Å². The molecule has 6 atom stereocenters. The van der Waals surface area contributed by atoms with Crippen LogP contribution >= 0.6 is 0 Å². The molecule has 0 spiro atoms. The maximum Gasteiger partial charge on any atom is 0.335 e. The fraction of sp³-hybridized carbons (Fsp3) is 0.650. The molecule has 3 saturated carbocycles. The van der Waals surface area contributed by atoms with Gasteiger partial charge in [0.2, 0.25) is 5.75 Å². The lowest BCUT2D eigenvalue weighted by atomic mass is 9.80. The number of hydrogen-bond acceptors (Lipinski definition) is 5. The molecule has 1 aromatic rings. The van der Waals surface area contributed by atoms with E-state index in [9.17, 15) is 14.9 Å². The summed E-state index contributed by atoms with van der Waals surface area (Å²) < 4.78 is 12.1. The normalized spacial score (nSPS) is 32.3. The number of hydrogen-bond donors (Lipinski definition) is 1. The first-order valence-corrected chi connectivity index (χ1v) is 9.81. The minimum absolute atomic E-state index is 0.0424. The van der Waals surface area contributed by atoms with E-state index in [1.807, 2.05) is 6.92 Å². The third-order valence-corrected chi connectivity index (χ3v) is 6.69. The third-order valence-electron chi connectivity index (χ3n) is 6.69. The van der Waals surface area contributed by atoms with Gasteiger partial charge in [-0.25, -0.2) is 4.79 Å². The largest absolute Gasteiger partial charge is 0.478 e. The Balaban J connectivity index is 1.49. The highest BCUT2D eigenvalue weighted by Crippen LogP contribution is 2.59. The lowest BCUT2D eigenvalue weighted by Crippen LogP contribution is -2.35. The van der Waals surface area contributed by atoms with Gasteiger partial charge in [-0.15, -0.1) is 0 Å². The van der Waals surface area contributed by atoms with Crippen molar-refractivity contribution in [2.45, 2.75) is 57.8 Å². The average molecular weight is 375 g/mol. The van der Waals surface area contributed by atoms with Gasteiger partial charge in [0.15, 0.2) is 6.29 Å². The minimum atomic E-state index is -1.15.